The summed E-state index contributed by atoms with van der Waals surface area (Å²) in [6.07, 6.45) is 7.13. The minimum Gasteiger partial charge on any atom is -0.387 e. The highest BCUT2D eigenvalue weighted by Crippen LogP contribution is 2.54. The van der Waals surface area contributed by atoms with E-state index in [0.717, 1.165) is 42.7 Å². The van der Waals surface area contributed by atoms with E-state index in [9.17, 15) is 23.1 Å². The van der Waals surface area contributed by atoms with Crippen molar-refractivity contribution in [3.8, 4) is 0 Å². The second-order valence-corrected chi connectivity index (χ2v) is 11.0. The Morgan fingerprint density at radius 3 is 2.49 bits per heavy atom. The van der Waals surface area contributed by atoms with E-state index in [2.05, 4.69) is 10.4 Å². The third-order valence-corrected chi connectivity index (χ3v) is 8.83. The van der Waals surface area contributed by atoms with Crippen LogP contribution in [0.1, 0.15) is 36.0 Å². The number of nitrogens with one attached hydrogen (secondary N) is 1. The maximum atomic E-state index is 13.5. The van der Waals surface area contributed by atoms with E-state index in [1.165, 1.54) is 6.07 Å². The Bertz CT molecular complexity index is 1220. The van der Waals surface area contributed by atoms with Crippen LogP contribution in [0.4, 0.5) is 18.9 Å². The van der Waals surface area contributed by atoms with E-state index in [0.29, 0.717) is 11.6 Å². The zero-order chi connectivity index (χ0) is 24.7. The Labute approximate surface area is 209 Å². The quantitative estimate of drug-likeness (QED) is 0.395. The van der Waals surface area contributed by atoms with Gasteiger partial charge in [0.05, 0.1) is 17.2 Å². The average molecular weight is 522 g/mol. The summed E-state index contributed by atoms with van der Waals surface area (Å²) in [7, 11) is 0. The molecule has 4 atom stereocenters. The molecule has 0 radical (unpaired) electrons. The molecule has 184 valence electrons. The first-order chi connectivity index (χ1) is 16.7. The van der Waals surface area contributed by atoms with Crippen LogP contribution < -0.4 is 5.32 Å². The molecule has 35 heavy (non-hydrogen) atoms. The molecule has 1 aromatic heterocycles. The number of nitrogens with zero attached hydrogens (tertiary/aromatic N) is 2. The third kappa shape index (κ3) is 4.81. The Hall–Kier alpha value is -2.49. The molecule has 5 nitrogen and oxygen atoms in total. The number of benzene rings is 2. The number of hydrogen-bond donors (Lipinski definition) is 2. The fraction of sp³-hybridized carbons (Fsp3) is 0.360. The summed E-state index contributed by atoms with van der Waals surface area (Å²) in [5, 5.41) is 18.8. The standard InChI is InChI=1S/C25H23ClF3N3O2S/c26-19-5-2-14(24(33)31-17-11-20(27)23(29)21(28)12-17)8-22(19)35-18-9-15-3-4-16(10-18)25(15,34)13-32-7-1-6-30-32/h1-2,5-8,11-12,15-16,18,34H,3-4,9-10,13H2,(H,31,33)/t15-,16?,18-,25-/m0/s1. The van der Waals surface area contributed by atoms with Gasteiger partial charge in [0.15, 0.2) is 17.5 Å². The normalized spacial score (nSPS) is 25.6. The van der Waals surface area contributed by atoms with Gasteiger partial charge in [0.2, 0.25) is 0 Å². The number of fused-ring (bicyclic) bond motifs is 2. The highest BCUT2D eigenvalue weighted by Gasteiger charge is 2.53. The zero-order valence-electron chi connectivity index (χ0n) is 18.6. The molecule has 2 fully saturated rings. The molecule has 1 amide bonds. The van der Waals surface area contributed by atoms with Crippen LogP contribution in [0.25, 0.3) is 0 Å². The molecule has 2 N–H and O–H groups in total. The smallest absolute Gasteiger partial charge is 0.255 e. The molecule has 0 spiro atoms. The fourth-order valence-corrected chi connectivity index (χ4v) is 7.01. The molecule has 2 aliphatic rings. The lowest BCUT2D eigenvalue weighted by Crippen LogP contribution is -2.48. The van der Waals surface area contributed by atoms with E-state index in [1.807, 2.05) is 12.3 Å². The molecule has 10 heteroatoms. The lowest BCUT2D eigenvalue weighted by molar-refractivity contribution is -0.0730. The van der Waals surface area contributed by atoms with Crippen LogP contribution in [-0.2, 0) is 6.54 Å². The molecule has 1 unspecified atom stereocenters. The molecule has 2 aliphatic carbocycles. The molecule has 2 bridgehead atoms. The lowest BCUT2D eigenvalue weighted by Gasteiger charge is -2.42. The maximum absolute atomic E-state index is 13.5. The number of amides is 1. The summed E-state index contributed by atoms with van der Waals surface area (Å²) in [5.41, 5.74) is -0.708. The minimum atomic E-state index is -1.59. The Balaban J connectivity index is 1.28. The van der Waals surface area contributed by atoms with Crippen LogP contribution >= 0.6 is 23.4 Å². The summed E-state index contributed by atoms with van der Waals surface area (Å²) < 4.78 is 42.0. The van der Waals surface area contributed by atoms with Gasteiger partial charge in [0.1, 0.15) is 0 Å². The summed E-state index contributed by atoms with van der Waals surface area (Å²) >= 11 is 8.00. The van der Waals surface area contributed by atoms with Gasteiger partial charge in [-0.2, -0.15) is 5.10 Å². The SMILES string of the molecule is O=C(Nc1cc(F)c(F)c(F)c1)c1ccc(Cl)c(S[C@@H]2CC3CC[C@@H](C2)[C@@]3(O)Cn2cccn2)c1. The number of anilines is 1. The van der Waals surface area contributed by atoms with Gasteiger partial charge in [-0.05, 0) is 61.8 Å². The van der Waals surface area contributed by atoms with Gasteiger partial charge in [0.25, 0.3) is 5.91 Å². The van der Waals surface area contributed by atoms with Gasteiger partial charge in [-0.15, -0.1) is 11.8 Å². The van der Waals surface area contributed by atoms with E-state index in [-0.39, 0.29) is 28.3 Å². The monoisotopic (exact) mass is 521 g/mol. The first-order valence-electron chi connectivity index (χ1n) is 11.3. The fourth-order valence-electron chi connectivity index (χ4n) is 5.36. The largest absolute Gasteiger partial charge is 0.387 e. The number of hydrogen-bond acceptors (Lipinski definition) is 4. The number of halogens is 4. The third-order valence-electron chi connectivity index (χ3n) is 7.08. The predicted molar refractivity (Wildman–Crippen MR) is 128 cm³/mol. The number of carbonyl (C=O) groups is 1. The molecule has 2 aromatic carbocycles. The van der Waals surface area contributed by atoms with Gasteiger partial charge in [-0.25, -0.2) is 13.2 Å². The summed E-state index contributed by atoms with van der Waals surface area (Å²) in [6.45, 7) is 0.480. The van der Waals surface area contributed by atoms with Crippen molar-refractivity contribution in [1.29, 1.82) is 0 Å². The van der Waals surface area contributed by atoms with Crippen LogP contribution in [0.3, 0.4) is 0 Å². The summed E-state index contributed by atoms with van der Waals surface area (Å²) in [4.78, 5) is 13.4. The number of aromatic nitrogens is 2. The molecule has 0 aliphatic heterocycles. The van der Waals surface area contributed by atoms with Crippen molar-refractivity contribution >= 4 is 35.0 Å². The molecule has 2 saturated carbocycles. The van der Waals surface area contributed by atoms with Crippen molar-refractivity contribution in [2.75, 3.05) is 5.32 Å². The van der Waals surface area contributed by atoms with E-state index in [4.69, 9.17) is 11.6 Å². The van der Waals surface area contributed by atoms with Crippen molar-refractivity contribution < 1.29 is 23.1 Å². The van der Waals surface area contributed by atoms with Crippen LogP contribution in [-0.4, -0.2) is 31.6 Å². The predicted octanol–water partition coefficient (Wildman–Crippen LogP) is 5.92. The summed E-state index contributed by atoms with van der Waals surface area (Å²) in [6, 6.07) is 8.07. The first-order valence-corrected chi connectivity index (χ1v) is 12.6. The van der Waals surface area contributed by atoms with E-state index in [1.54, 1.807) is 34.8 Å². The molecular formula is C25H23ClF3N3O2S. The Morgan fingerprint density at radius 1 is 1.17 bits per heavy atom. The average Bonchev–Trinajstić information content (AvgIpc) is 3.34. The van der Waals surface area contributed by atoms with Gasteiger partial charge in [0, 0.05) is 45.9 Å². The molecule has 5 rings (SSSR count). The van der Waals surface area contributed by atoms with Gasteiger partial charge < -0.3 is 10.4 Å². The highest BCUT2D eigenvalue weighted by molar-refractivity contribution is 8.00. The lowest BCUT2D eigenvalue weighted by atomic mass is 9.74. The van der Waals surface area contributed by atoms with Crippen molar-refractivity contribution in [1.82, 2.24) is 9.78 Å². The van der Waals surface area contributed by atoms with Crippen LogP contribution in [0.5, 0.6) is 0 Å². The zero-order valence-corrected chi connectivity index (χ0v) is 20.1. The molecule has 1 heterocycles. The van der Waals surface area contributed by atoms with Gasteiger partial charge >= 0.3 is 0 Å². The highest BCUT2D eigenvalue weighted by atomic mass is 35.5. The Kier molecular flexibility index (Phi) is 6.59. The van der Waals surface area contributed by atoms with Gasteiger partial charge in [-0.3, -0.25) is 9.48 Å². The van der Waals surface area contributed by atoms with E-state index >= 15 is 0 Å². The second-order valence-electron chi connectivity index (χ2n) is 9.23. The maximum Gasteiger partial charge on any atom is 0.255 e. The number of aliphatic hydroxyl groups is 1. The van der Waals surface area contributed by atoms with Crippen molar-refractivity contribution in [3.63, 3.8) is 0 Å². The van der Waals surface area contributed by atoms with Crippen molar-refractivity contribution in [2.45, 2.75) is 48.0 Å². The second kappa shape index (κ2) is 9.52. The first kappa shape index (κ1) is 24.2. The van der Waals surface area contributed by atoms with Crippen molar-refractivity contribution in [3.05, 3.63) is 76.8 Å². The Morgan fingerprint density at radius 2 is 1.86 bits per heavy atom. The molecule has 0 saturated heterocycles. The molecule has 3 aromatic rings. The summed E-state index contributed by atoms with van der Waals surface area (Å²) in [5.74, 6) is -4.65. The topological polar surface area (TPSA) is 67.2 Å². The number of carbonyl (C=O) groups excluding carboxylic acids is 1. The number of rotatable bonds is 6. The van der Waals surface area contributed by atoms with Crippen molar-refractivity contribution in [2.24, 2.45) is 11.8 Å². The van der Waals surface area contributed by atoms with E-state index < -0.39 is 29.0 Å². The van der Waals surface area contributed by atoms with Crippen LogP contribution in [0, 0.1) is 29.3 Å². The van der Waals surface area contributed by atoms with Gasteiger partial charge in [-0.1, -0.05) is 11.6 Å². The van der Waals surface area contributed by atoms with Crippen LogP contribution in [0.2, 0.25) is 5.02 Å². The molecular weight excluding hydrogens is 499 g/mol. The minimum absolute atomic E-state index is 0.150. The number of thioether (sulfide) groups is 1. The van der Waals surface area contributed by atoms with Crippen LogP contribution in [0.15, 0.2) is 53.7 Å².